The van der Waals surface area contributed by atoms with Gasteiger partial charge >= 0.3 is 0 Å². The number of rotatable bonds is 3. The van der Waals surface area contributed by atoms with Crippen LogP contribution < -0.4 is 10.6 Å². The van der Waals surface area contributed by atoms with Crippen LogP contribution in [0, 0.1) is 0 Å². The summed E-state index contributed by atoms with van der Waals surface area (Å²) in [6.07, 6.45) is 0. The number of carbonyl (C=O) groups excluding carboxylic acids is 1. The minimum Gasteiger partial charge on any atom is -0.375 e. The zero-order valence-corrected chi connectivity index (χ0v) is 12.4. The summed E-state index contributed by atoms with van der Waals surface area (Å²) in [5, 5.41) is 6.45. The van der Waals surface area contributed by atoms with Gasteiger partial charge in [0.1, 0.15) is 0 Å². The molecule has 0 spiro atoms. The van der Waals surface area contributed by atoms with E-state index in [4.69, 9.17) is 11.6 Å². The Hall–Kier alpha value is -0.740. The summed E-state index contributed by atoms with van der Waals surface area (Å²) in [4.78, 5) is 11.6. The zero-order valence-electron chi connectivity index (χ0n) is 10.1. The first-order valence-electron chi connectivity index (χ1n) is 5.28. The van der Waals surface area contributed by atoms with E-state index in [-0.39, 0.29) is 18.0 Å². The Bertz CT molecular complexity index is 415. The van der Waals surface area contributed by atoms with Gasteiger partial charge in [0.2, 0.25) is 5.91 Å². The summed E-state index contributed by atoms with van der Waals surface area (Å²) in [5.41, 5.74) is 0.529. The molecule has 5 heteroatoms. The highest BCUT2D eigenvalue weighted by Gasteiger charge is 2.13. The lowest BCUT2D eigenvalue weighted by Crippen LogP contribution is -2.43. The molecule has 0 fully saturated rings. The van der Waals surface area contributed by atoms with Gasteiger partial charge in [-0.1, -0.05) is 27.5 Å². The molecule has 17 heavy (non-hydrogen) atoms. The van der Waals surface area contributed by atoms with Crippen LogP contribution in [0.3, 0.4) is 0 Å². The normalized spacial score (nSPS) is 11.1. The number of benzene rings is 1. The second-order valence-electron chi connectivity index (χ2n) is 4.78. The molecule has 2 N–H and O–H groups in total. The number of amides is 1. The lowest BCUT2D eigenvalue weighted by molar-refractivity contribution is -0.120. The van der Waals surface area contributed by atoms with Crippen molar-refractivity contribution in [2.45, 2.75) is 26.3 Å². The van der Waals surface area contributed by atoms with E-state index >= 15 is 0 Å². The Balaban J connectivity index is 2.53. The third-order valence-electron chi connectivity index (χ3n) is 1.88. The number of nitrogens with one attached hydrogen (secondary N) is 2. The van der Waals surface area contributed by atoms with Crippen LogP contribution in [0.25, 0.3) is 0 Å². The first-order valence-corrected chi connectivity index (χ1v) is 6.45. The summed E-state index contributed by atoms with van der Waals surface area (Å²) >= 11 is 9.35. The van der Waals surface area contributed by atoms with E-state index in [9.17, 15) is 4.79 Å². The van der Waals surface area contributed by atoms with Crippen molar-refractivity contribution in [3.8, 4) is 0 Å². The summed E-state index contributed by atoms with van der Waals surface area (Å²) < 4.78 is 0.909. The molecule has 1 aromatic rings. The van der Waals surface area contributed by atoms with Crippen LogP contribution in [-0.4, -0.2) is 18.0 Å². The van der Waals surface area contributed by atoms with Gasteiger partial charge in [0.15, 0.2) is 0 Å². The van der Waals surface area contributed by atoms with E-state index in [1.807, 2.05) is 32.9 Å². The summed E-state index contributed by atoms with van der Waals surface area (Å²) in [6.45, 7) is 6.03. The molecule has 3 nitrogen and oxygen atoms in total. The number of halogens is 2. The quantitative estimate of drug-likeness (QED) is 0.896. The molecular formula is C12H16BrClN2O. The predicted octanol–water partition coefficient (Wildman–Crippen LogP) is 3.43. The van der Waals surface area contributed by atoms with E-state index in [1.54, 1.807) is 6.07 Å². The first kappa shape index (κ1) is 14.3. The molecule has 1 rings (SSSR count). The standard InChI is InChI=1S/C12H16BrClN2O/c1-12(2,3)16-11(17)7-15-10-5-4-8(13)6-9(10)14/h4-6,15H,7H2,1-3H3,(H,16,17). The smallest absolute Gasteiger partial charge is 0.239 e. The highest BCUT2D eigenvalue weighted by molar-refractivity contribution is 9.10. The van der Waals surface area contributed by atoms with Crippen LogP contribution in [0.2, 0.25) is 5.02 Å². The van der Waals surface area contributed by atoms with Crippen LogP contribution in [0.4, 0.5) is 5.69 Å². The molecule has 0 aromatic heterocycles. The van der Waals surface area contributed by atoms with Gasteiger partial charge in [-0.05, 0) is 39.0 Å². The van der Waals surface area contributed by atoms with Crippen molar-refractivity contribution in [2.24, 2.45) is 0 Å². The minimum absolute atomic E-state index is 0.0588. The lowest BCUT2D eigenvalue weighted by Gasteiger charge is -2.20. The average Bonchev–Trinajstić information content (AvgIpc) is 2.13. The average molecular weight is 320 g/mol. The highest BCUT2D eigenvalue weighted by atomic mass is 79.9. The van der Waals surface area contributed by atoms with Crippen molar-refractivity contribution in [1.29, 1.82) is 0 Å². The maximum Gasteiger partial charge on any atom is 0.239 e. The van der Waals surface area contributed by atoms with Gasteiger partial charge in [0.25, 0.3) is 0 Å². The van der Waals surface area contributed by atoms with Gasteiger partial charge in [-0.2, -0.15) is 0 Å². The topological polar surface area (TPSA) is 41.1 Å². The molecule has 0 heterocycles. The Morgan fingerprint density at radius 2 is 2.06 bits per heavy atom. The van der Waals surface area contributed by atoms with E-state index in [2.05, 4.69) is 26.6 Å². The molecule has 0 unspecified atom stereocenters. The summed E-state index contributed by atoms with van der Waals surface area (Å²) in [5.74, 6) is -0.0588. The summed E-state index contributed by atoms with van der Waals surface area (Å²) in [6, 6.07) is 5.48. The molecule has 0 saturated heterocycles. The highest BCUT2D eigenvalue weighted by Crippen LogP contribution is 2.25. The van der Waals surface area contributed by atoms with Crippen molar-refractivity contribution in [1.82, 2.24) is 5.32 Å². The fraction of sp³-hybridized carbons (Fsp3) is 0.417. The van der Waals surface area contributed by atoms with Crippen LogP contribution in [0.15, 0.2) is 22.7 Å². The molecule has 0 aliphatic carbocycles. The van der Waals surface area contributed by atoms with Crippen molar-refractivity contribution in [2.75, 3.05) is 11.9 Å². The van der Waals surface area contributed by atoms with Crippen molar-refractivity contribution in [3.63, 3.8) is 0 Å². The van der Waals surface area contributed by atoms with E-state index in [0.717, 1.165) is 10.2 Å². The molecule has 0 aliphatic rings. The minimum atomic E-state index is -0.220. The van der Waals surface area contributed by atoms with Crippen LogP contribution in [0.5, 0.6) is 0 Å². The SMILES string of the molecule is CC(C)(C)NC(=O)CNc1ccc(Br)cc1Cl. The van der Waals surface area contributed by atoms with E-state index < -0.39 is 0 Å². The summed E-state index contributed by atoms with van der Waals surface area (Å²) in [7, 11) is 0. The Labute approximate surface area is 115 Å². The van der Waals surface area contributed by atoms with Crippen LogP contribution in [-0.2, 0) is 4.79 Å². The van der Waals surface area contributed by atoms with Gasteiger partial charge in [-0.15, -0.1) is 0 Å². The zero-order chi connectivity index (χ0) is 13.1. The van der Waals surface area contributed by atoms with E-state index in [1.165, 1.54) is 0 Å². The van der Waals surface area contributed by atoms with Gasteiger partial charge in [0, 0.05) is 10.0 Å². The van der Waals surface area contributed by atoms with E-state index in [0.29, 0.717) is 5.02 Å². The largest absolute Gasteiger partial charge is 0.375 e. The maximum atomic E-state index is 11.6. The lowest BCUT2D eigenvalue weighted by atomic mass is 10.1. The fourth-order valence-corrected chi connectivity index (χ4v) is 2.01. The third-order valence-corrected chi connectivity index (χ3v) is 2.69. The van der Waals surface area contributed by atoms with Gasteiger partial charge in [-0.25, -0.2) is 0 Å². The molecule has 0 atom stereocenters. The number of hydrogen-bond acceptors (Lipinski definition) is 2. The Morgan fingerprint density at radius 1 is 1.41 bits per heavy atom. The van der Waals surface area contributed by atoms with Gasteiger partial charge in [0.05, 0.1) is 17.3 Å². The third kappa shape index (κ3) is 5.41. The Morgan fingerprint density at radius 3 is 2.59 bits per heavy atom. The van der Waals surface area contributed by atoms with Crippen molar-refractivity contribution in [3.05, 3.63) is 27.7 Å². The molecular weight excluding hydrogens is 304 g/mol. The monoisotopic (exact) mass is 318 g/mol. The molecule has 0 bridgehead atoms. The molecule has 0 saturated carbocycles. The molecule has 94 valence electrons. The van der Waals surface area contributed by atoms with Gasteiger partial charge < -0.3 is 10.6 Å². The predicted molar refractivity (Wildman–Crippen MR) is 75.5 cm³/mol. The fourth-order valence-electron chi connectivity index (χ4n) is 1.27. The Kier molecular flexibility index (Phi) is 4.83. The maximum absolute atomic E-state index is 11.6. The first-order chi connectivity index (χ1) is 7.78. The molecule has 1 aromatic carbocycles. The van der Waals surface area contributed by atoms with Crippen molar-refractivity contribution < 1.29 is 4.79 Å². The van der Waals surface area contributed by atoms with Crippen LogP contribution in [0.1, 0.15) is 20.8 Å². The number of carbonyl (C=O) groups is 1. The van der Waals surface area contributed by atoms with Gasteiger partial charge in [-0.3, -0.25) is 4.79 Å². The van der Waals surface area contributed by atoms with Crippen molar-refractivity contribution >= 4 is 39.1 Å². The number of anilines is 1. The van der Waals surface area contributed by atoms with Crippen LogP contribution >= 0.6 is 27.5 Å². The molecule has 1 amide bonds. The second-order valence-corrected chi connectivity index (χ2v) is 6.10. The molecule has 0 radical (unpaired) electrons. The second kappa shape index (κ2) is 5.74. The molecule has 0 aliphatic heterocycles. The number of hydrogen-bond donors (Lipinski definition) is 2.